The maximum absolute atomic E-state index is 8.20. The summed E-state index contributed by atoms with van der Waals surface area (Å²) in [5.41, 5.74) is 6.38. The van der Waals surface area contributed by atoms with E-state index in [1.807, 2.05) is 29.8 Å². The van der Waals surface area contributed by atoms with E-state index in [0.717, 1.165) is 43.7 Å². The average Bonchev–Trinajstić information content (AvgIpc) is 3.03. The van der Waals surface area contributed by atoms with Gasteiger partial charge in [0.05, 0.1) is 29.0 Å². The van der Waals surface area contributed by atoms with Crippen molar-refractivity contribution in [2.45, 2.75) is 13.8 Å². The molecule has 0 unspecified atom stereocenters. The molecule has 0 amide bonds. The van der Waals surface area contributed by atoms with Gasteiger partial charge in [0.15, 0.2) is 5.52 Å². The molecule has 0 N–H and O–H groups in total. The fraction of sp³-hybridized carbons (Fsp3) is 0.130. The van der Waals surface area contributed by atoms with E-state index < -0.39 is 6.85 Å². The zero-order chi connectivity index (χ0) is 20.1. The molecule has 3 nitrogen and oxygen atoms in total. The quantitative estimate of drug-likeness (QED) is 0.221. The van der Waals surface area contributed by atoms with Gasteiger partial charge in [-0.3, -0.25) is 0 Å². The van der Waals surface area contributed by atoms with Gasteiger partial charge in [-0.25, -0.2) is 4.57 Å². The highest BCUT2D eigenvalue weighted by Gasteiger charge is 2.24. The van der Waals surface area contributed by atoms with Crippen LogP contribution in [0.3, 0.4) is 0 Å². The minimum Gasteiger partial charge on any atom is -0.308 e. The molecule has 0 saturated carbocycles. The molecular weight excluding hydrogens is 318 g/mol. The molecule has 0 bridgehead atoms. The molecule has 3 aromatic carbocycles. The first-order valence-corrected chi connectivity index (χ1v) is 8.73. The summed E-state index contributed by atoms with van der Waals surface area (Å²) in [5.74, 6) is 0. The van der Waals surface area contributed by atoms with Crippen molar-refractivity contribution in [1.29, 1.82) is 0 Å². The van der Waals surface area contributed by atoms with Gasteiger partial charge in [-0.1, -0.05) is 30.3 Å². The van der Waals surface area contributed by atoms with Crippen LogP contribution in [-0.2, 0) is 7.05 Å². The third kappa shape index (κ3) is 1.46. The highest BCUT2D eigenvalue weighted by Crippen LogP contribution is 2.41. The van der Waals surface area contributed by atoms with E-state index in [-0.39, 0.29) is 0 Å². The Hall–Kier alpha value is -3.20. The standard InChI is InChI=1S/C23H18N3/c1-13-7-6-10-18-20(13)22-21-16(24-12-25(22)3)11-14(2)19-15-8-4-5-9-17(15)26(18)23(19)21/h4-12H,1-3H3/q+1/i2D3. The van der Waals surface area contributed by atoms with Crippen LogP contribution in [0.15, 0.2) is 54.9 Å². The number of rotatable bonds is 0. The average molecular weight is 339 g/mol. The molecule has 3 aromatic heterocycles. The molecule has 0 saturated heterocycles. The van der Waals surface area contributed by atoms with Crippen molar-refractivity contribution in [1.82, 2.24) is 9.38 Å². The summed E-state index contributed by atoms with van der Waals surface area (Å²) in [5, 5.41) is 3.94. The van der Waals surface area contributed by atoms with Crippen LogP contribution in [0.2, 0.25) is 0 Å². The highest BCUT2D eigenvalue weighted by atomic mass is 15.0. The Morgan fingerprint density at radius 3 is 2.69 bits per heavy atom. The van der Waals surface area contributed by atoms with Gasteiger partial charge in [0, 0.05) is 20.3 Å². The summed E-state index contributed by atoms with van der Waals surface area (Å²) in [6, 6.07) is 16.1. The molecule has 3 heteroatoms. The van der Waals surface area contributed by atoms with Crippen LogP contribution in [0.4, 0.5) is 0 Å². The Bertz CT molecular complexity index is 1610. The van der Waals surface area contributed by atoms with Crippen LogP contribution in [-0.4, -0.2) is 9.38 Å². The van der Waals surface area contributed by atoms with E-state index >= 15 is 0 Å². The molecule has 0 fully saturated rings. The molecule has 124 valence electrons. The van der Waals surface area contributed by atoms with E-state index in [1.165, 1.54) is 10.9 Å². The van der Waals surface area contributed by atoms with Crippen molar-refractivity contribution >= 4 is 49.1 Å². The topological polar surface area (TPSA) is 21.2 Å². The molecule has 0 spiro atoms. The normalized spacial score (nSPS) is 14.6. The first-order valence-electron chi connectivity index (χ1n) is 10.2. The van der Waals surface area contributed by atoms with Gasteiger partial charge in [-0.2, -0.15) is 0 Å². The van der Waals surface area contributed by atoms with Gasteiger partial charge in [-0.15, -0.1) is 0 Å². The summed E-state index contributed by atoms with van der Waals surface area (Å²) in [6.07, 6.45) is 1.78. The molecule has 6 aromatic rings. The molecular formula is C23H18N3+. The molecule has 26 heavy (non-hydrogen) atoms. The molecule has 0 aliphatic carbocycles. The van der Waals surface area contributed by atoms with Gasteiger partial charge < -0.3 is 4.40 Å². The lowest BCUT2D eigenvalue weighted by atomic mass is 9.99. The predicted octanol–water partition coefficient (Wildman–Crippen LogP) is 4.83. The number of aryl methyl sites for hydroxylation is 3. The van der Waals surface area contributed by atoms with Crippen molar-refractivity contribution in [2.24, 2.45) is 7.05 Å². The van der Waals surface area contributed by atoms with E-state index in [4.69, 9.17) is 4.11 Å². The minimum atomic E-state index is -2.23. The third-order valence-electron chi connectivity index (χ3n) is 5.61. The Balaban J connectivity index is 2.13. The third-order valence-corrected chi connectivity index (χ3v) is 5.61. The second-order valence-electron chi connectivity index (χ2n) is 7.07. The number of hydrogen-bond acceptors (Lipinski definition) is 1. The van der Waals surface area contributed by atoms with Crippen molar-refractivity contribution in [3.63, 3.8) is 0 Å². The highest BCUT2D eigenvalue weighted by molar-refractivity contribution is 6.27. The van der Waals surface area contributed by atoms with E-state index in [2.05, 4.69) is 40.6 Å². The number of aromatic nitrogens is 3. The van der Waals surface area contributed by atoms with Crippen molar-refractivity contribution in [3.05, 3.63) is 66.0 Å². The molecule has 0 radical (unpaired) electrons. The predicted molar refractivity (Wildman–Crippen MR) is 107 cm³/mol. The SMILES string of the molecule is [2H]C([2H])([2H])c1cc2nc[n+](C)c3c4c(C)cccc4n4c5ccccc5c1c4c23. The van der Waals surface area contributed by atoms with Crippen LogP contribution in [0.25, 0.3) is 49.1 Å². The second kappa shape index (κ2) is 4.50. The fourth-order valence-electron chi connectivity index (χ4n) is 4.57. The maximum Gasteiger partial charge on any atom is 0.287 e. The lowest BCUT2D eigenvalue weighted by Gasteiger charge is -2.13. The van der Waals surface area contributed by atoms with Crippen molar-refractivity contribution in [2.75, 3.05) is 0 Å². The molecule has 6 rings (SSSR count). The smallest absolute Gasteiger partial charge is 0.287 e. The fourth-order valence-corrected chi connectivity index (χ4v) is 4.57. The summed E-state index contributed by atoms with van der Waals surface area (Å²) in [7, 11) is 2.00. The molecule has 0 aliphatic heterocycles. The van der Waals surface area contributed by atoms with Crippen LogP contribution in [0, 0.1) is 13.8 Å². The minimum absolute atomic E-state index is 0.360. The van der Waals surface area contributed by atoms with E-state index in [1.54, 1.807) is 12.4 Å². The van der Waals surface area contributed by atoms with Crippen molar-refractivity contribution in [3.8, 4) is 0 Å². The number of pyridine rings is 1. The van der Waals surface area contributed by atoms with Gasteiger partial charge in [0.1, 0.15) is 5.52 Å². The Kier molecular flexibility index (Phi) is 1.98. The van der Waals surface area contributed by atoms with E-state index in [0.29, 0.717) is 5.56 Å². The Labute approximate surface area is 154 Å². The Morgan fingerprint density at radius 1 is 0.962 bits per heavy atom. The van der Waals surface area contributed by atoms with Crippen LogP contribution >= 0.6 is 0 Å². The Morgan fingerprint density at radius 2 is 1.81 bits per heavy atom. The zero-order valence-electron chi connectivity index (χ0n) is 17.5. The first kappa shape index (κ1) is 11.4. The first-order chi connectivity index (χ1) is 13.9. The molecule has 0 aliphatic rings. The van der Waals surface area contributed by atoms with Crippen LogP contribution in [0.1, 0.15) is 15.2 Å². The van der Waals surface area contributed by atoms with Crippen LogP contribution < -0.4 is 4.57 Å². The summed E-state index contributed by atoms with van der Waals surface area (Å²) in [4.78, 5) is 4.61. The molecule has 3 heterocycles. The van der Waals surface area contributed by atoms with Gasteiger partial charge in [0.2, 0.25) is 0 Å². The summed E-state index contributed by atoms with van der Waals surface area (Å²) in [6.45, 7) is -0.105. The lowest BCUT2D eigenvalue weighted by Crippen LogP contribution is -2.30. The lowest BCUT2D eigenvalue weighted by molar-refractivity contribution is -0.646. The van der Waals surface area contributed by atoms with Crippen molar-refractivity contribution < 1.29 is 8.68 Å². The number of benzene rings is 3. The second-order valence-corrected chi connectivity index (χ2v) is 7.07. The van der Waals surface area contributed by atoms with Gasteiger partial charge in [-0.05, 0) is 48.1 Å². The monoisotopic (exact) mass is 339 g/mol. The molecule has 0 atom stereocenters. The number of nitrogens with zero attached hydrogens (tertiary/aromatic N) is 3. The van der Waals surface area contributed by atoms with E-state index in [9.17, 15) is 0 Å². The number of para-hydroxylation sites is 1. The largest absolute Gasteiger partial charge is 0.308 e. The van der Waals surface area contributed by atoms with Gasteiger partial charge in [0.25, 0.3) is 6.33 Å². The van der Waals surface area contributed by atoms with Crippen LogP contribution in [0.5, 0.6) is 0 Å². The summed E-state index contributed by atoms with van der Waals surface area (Å²) >= 11 is 0. The zero-order valence-corrected chi connectivity index (χ0v) is 14.5. The van der Waals surface area contributed by atoms with Gasteiger partial charge >= 0.3 is 0 Å². The summed E-state index contributed by atoms with van der Waals surface area (Å²) < 4.78 is 28.9. The number of hydrogen-bond donors (Lipinski definition) is 0. The maximum atomic E-state index is 8.20. The number of fused-ring (bicyclic) bond motifs is 6.